The Hall–Kier alpha value is -1.92. The zero-order valence-electron chi connectivity index (χ0n) is 12.0. The molecule has 2 N–H and O–H groups in total. The predicted octanol–water partition coefficient (Wildman–Crippen LogP) is 3.87. The molecule has 1 amide bonds. The number of nitrogens with one attached hydrogen (secondary N) is 1. The minimum Gasteiger partial charge on any atom is -0.465 e. The van der Waals surface area contributed by atoms with Gasteiger partial charge in [-0.25, -0.2) is 4.79 Å². The average Bonchev–Trinajstić information content (AvgIpc) is 2.93. The minimum absolute atomic E-state index is 0.0544. The highest BCUT2D eigenvalue weighted by Crippen LogP contribution is 2.41. The lowest BCUT2D eigenvalue weighted by Gasteiger charge is -2.37. The minimum atomic E-state index is -1.00. The van der Waals surface area contributed by atoms with Crippen LogP contribution in [0.5, 0.6) is 0 Å². The van der Waals surface area contributed by atoms with Gasteiger partial charge in [-0.3, -0.25) is 4.79 Å². The van der Waals surface area contributed by atoms with Crippen molar-refractivity contribution in [3.05, 3.63) is 56.0 Å². The number of aromatic amines is 1. The molecule has 1 fully saturated rings. The van der Waals surface area contributed by atoms with Crippen LogP contribution >= 0.6 is 23.2 Å². The smallest absolute Gasteiger partial charge is 0.407 e. The number of piperidine rings is 1. The Morgan fingerprint density at radius 3 is 2.74 bits per heavy atom. The number of carboxylic acid groups (broad SMARTS) is 1. The monoisotopic (exact) mass is 356 g/mol. The summed E-state index contributed by atoms with van der Waals surface area (Å²) in [4.78, 5) is 24.2. The Kier molecular flexibility index (Phi) is 4.37. The lowest BCUT2D eigenvalue weighted by molar-refractivity contribution is 0.0968. The maximum absolute atomic E-state index is 11.5. The quantitative estimate of drug-likeness (QED) is 0.854. The summed E-state index contributed by atoms with van der Waals surface area (Å²) in [6.07, 6.45) is 0.0541. The van der Waals surface area contributed by atoms with Crippen LogP contribution in [0.1, 0.15) is 36.1 Å². The molecular weight excluding hydrogens is 343 g/mol. The fraction of sp³-hybridized carbons (Fsp3) is 0.333. The third kappa shape index (κ3) is 3.23. The second kappa shape index (κ2) is 6.29. The Labute approximate surface area is 141 Å². The molecule has 0 bridgehead atoms. The number of hydrogen-bond donors (Lipinski definition) is 2. The van der Waals surface area contributed by atoms with E-state index in [2.05, 4.69) is 5.16 Å². The summed E-state index contributed by atoms with van der Waals surface area (Å²) >= 11 is 12.2. The van der Waals surface area contributed by atoms with Crippen molar-refractivity contribution in [3.8, 4) is 0 Å². The largest absolute Gasteiger partial charge is 0.465 e. The molecular formula is C15H14Cl2N2O4. The van der Waals surface area contributed by atoms with Gasteiger partial charge in [-0.15, -0.1) is 0 Å². The van der Waals surface area contributed by atoms with Crippen LogP contribution in [-0.4, -0.2) is 27.8 Å². The summed E-state index contributed by atoms with van der Waals surface area (Å²) in [5, 5.41) is 12.6. The molecule has 6 nitrogen and oxygen atoms in total. The molecule has 1 saturated heterocycles. The van der Waals surface area contributed by atoms with Gasteiger partial charge in [0.05, 0.1) is 6.04 Å². The van der Waals surface area contributed by atoms with Crippen molar-refractivity contribution in [2.45, 2.75) is 24.8 Å². The van der Waals surface area contributed by atoms with Gasteiger partial charge in [-0.1, -0.05) is 29.3 Å². The van der Waals surface area contributed by atoms with E-state index in [1.54, 1.807) is 18.2 Å². The fourth-order valence-corrected chi connectivity index (χ4v) is 3.55. The number of H-pyrrole nitrogens is 1. The number of amides is 1. The van der Waals surface area contributed by atoms with Crippen LogP contribution in [-0.2, 0) is 0 Å². The molecule has 8 heteroatoms. The SMILES string of the molecule is O=C(O)N1CC[C@@H](c2cc(=O)[nH]o2)C[C@@H]1c1ccc(Cl)cc1Cl. The van der Waals surface area contributed by atoms with Crippen LogP contribution in [0.3, 0.4) is 0 Å². The second-order valence-corrected chi connectivity index (χ2v) is 6.34. The van der Waals surface area contributed by atoms with Gasteiger partial charge in [0.15, 0.2) is 0 Å². The van der Waals surface area contributed by atoms with E-state index in [1.807, 2.05) is 0 Å². The molecule has 122 valence electrons. The summed E-state index contributed by atoms with van der Waals surface area (Å²) in [5.41, 5.74) is 0.391. The number of rotatable bonds is 2. The molecule has 3 rings (SSSR count). The van der Waals surface area contributed by atoms with Gasteiger partial charge in [0.25, 0.3) is 5.56 Å². The number of hydrogen-bond acceptors (Lipinski definition) is 3. The summed E-state index contributed by atoms with van der Waals surface area (Å²) in [6.45, 7) is 0.332. The third-order valence-electron chi connectivity index (χ3n) is 4.11. The zero-order chi connectivity index (χ0) is 16.6. The van der Waals surface area contributed by atoms with E-state index < -0.39 is 12.1 Å². The van der Waals surface area contributed by atoms with Crippen LogP contribution in [0.4, 0.5) is 4.79 Å². The Morgan fingerprint density at radius 2 is 2.13 bits per heavy atom. The highest BCUT2D eigenvalue weighted by Gasteiger charge is 2.35. The second-order valence-electron chi connectivity index (χ2n) is 5.49. The molecule has 0 radical (unpaired) electrons. The molecule has 2 atom stereocenters. The average molecular weight is 357 g/mol. The Balaban J connectivity index is 1.94. The van der Waals surface area contributed by atoms with E-state index in [0.717, 1.165) is 0 Å². The highest BCUT2D eigenvalue weighted by atomic mass is 35.5. The van der Waals surface area contributed by atoms with Crippen molar-refractivity contribution in [3.63, 3.8) is 0 Å². The van der Waals surface area contributed by atoms with Crippen LogP contribution in [0, 0.1) is 0 Å². The molecule has 2 aromatic rings. The van der Waals surface area contributed by atoms with Crippen LogP contribution < -0.4 is 5.56 Å². The first-order chi connectivity index (χ1) is 11.0. The Morgan fingerprint density at radius 1 is 1.35 bits per heavy atom. The van der Waals surface area contributed by atoms with Crippen molar-refractivity contribution in [2.24, 2.45) is 0 Å². The van der Waals surface area contributed by atoms with Crippen molar-refractivity contribution in [1.29, 1.82) is 0 Å². The Bertz CT molecular complexity index is 786. The van der Waals surface area contributed by atoms with Crippen LogP contribution in [0.2, 0.25) is 10.0 Å². The third-order valence-corrected chi connectivity index (χ3v) is 4.68. The lowest BCUT2D eigenvalue weighted by Crippen LogP contribution is -2.39. The van der Waals surface area contributed by atoms with E-state index >= 15 is 0 Å². The molecule has 0 saturated carbocycles. The van der Waals surface area contributed by atoms with Crippen molar-refractivity contribution in [2.75, 3.05) is 6.54 Å². The van der Waals surface area contributed by atoms with E-state index in [1.165, 1.54) is 11.0 Å². The summed E-state index contributed by atoms with van der Waals surface area (Å²) in [7, 11) is 0. The molecule has 23 heavy (non-hydrogen) atoms. The molecule has 1 aromatic carbocycles. The van der Waals surface area contributed by atoms with Crippen LogP contribution in [0.15, 0.2) is 33.6 Å². The van der Waals surface area contributed by atoms with E-state index in [9.17, 15) is 14.7 Å². The maximum atomic E-state index is 11.5. The summed E-state index contributed by atoms with van der Waals surface area (Å²) in [5.74, 6) is 0.483. The van der Waals surface area contributed by atoms with Gasteiger partial charge in [-0.05, 0) is 30.5 Å². The van der Waals surface area contributed by atoms with Crippen molar-refractivity contribution in [1.82, 2.24) is 10.1 Å². The lowest BCUT2D eigenvalue weighted by atomic mass is 9.86. The highest BCUT2D eigenvalue weighted by molar-refractivity contribution is 6.35. The first kappa shape index (κ1) is 16.0. The molecule has 0 spiro atoms. The van der Waals surface area contributed by atoms with Gasteiger partial charge >= 0.3 is 6.09 Å². The standard InChI is InChI=1S/C15H14Cl2N2O4/c16-9-1-2-10(11(17)6-9)12-5-8(3-4-19(12)15(21)22)13-7-14(20)18-23-13/h1-2,6-8,12H,3-5H2,(H,18,20)(H,21,22)/t8-,12-/m1/s1. The molecule has 1 aliphatic heterocycles. The van der Waals surface area contributed by atoms with Crippen LogP contribution in [0.25, 0.3) is 0 Å². The fourth-order valence-electron chi connectivity index (χ4n) is 3.02. The number of aromatic nitrogens is 1. The molecule has 1 aromatic heterocycles. The van der Waals surface area contributed by atoms with Gasteiger partial charge in [-0.2, -0.15) is 5.16 Å². The predicted molar refractivity (Wildman–Crippen MR) is 85.2 cm³/mol. The van der Waals surface area contributed by atoms with Gasteiger partial charge in [0.2, 0.25) is 0 Å². The van der Waals surface area contributed by atoms with Gasteiger partial charge in [0.1, 0.15) is 5.76 Å². The zero-order valence-corrected chi connectivity index (χ0v) is 13.5. The van der Waals surface area contributed by atoms with Crippen molar-refractivity contribution >= 4 is 29.3 Å². The maximum Gasteiger partial charge on any atom is 0.407 e. The number of benzene rings is 1. The molecule has 2 heterocycles. The van der Waals surface area contributed by atoms with E-state index in [0.29, 0.717) is 40.8 Å². The molecule has 0 aliphatic carbocycles. The van der Waals surface area contributed by atoms with E-state index in [4.69, 9.17) is 27.7 Å². The first-order valence-electron chi connectivity index (χ1n) is 7.08. The normalized spacial score (nSPS) is 21.4. The summed E-state index contributed by atoms with van der Waals surface area (Å²) < 4.78 is 5.18. The number of carbonyl (C=O) groups is 1. The van der Waals surface area contributed by atoms with Gasteiger partial charge in [0, 0.05) is 28.6 Å². The summed E-state index contributed by atoms with van der Waals surface area (Å²) in [6, 6.07) is 6.00. The van der Waals surface area contributed by atoms with Crippen molar-refractivity contribution < 1.29 is 14.4 Å². The topological polar surface area (TPSA) is 86.5 Å². The number of likely N-dealkylation sites (tertiary alicyclic amines) is 1. The van der Waals surface area contributed by atoms with Gasteiger partial charge < -0.3 is 14.5 Å². The van der Waals surface area contributed by atoms with E-state index in [-0.39, 0.29) is 11.5 Å². The number of nitrogens with zero attached hydrogens (tertiary/aromatic N) is 1. The molecule has 1 aliphatic rings. The molecule has 0 unspecified atom stereocenters. The first-order valence-corrected chi connectivity index (χ1v) is 7.84. The number of halogens is 2.